The minimum atomic E-state index is -0.156. The first-order valence-electron chi connectivity index (χ1n) is 12.6. The summed E-state index contributed by atoms with van der Waals surface area (Å²) < 4.78 is 5.49. The van der Waals surface area contributed by atoms with Gasteiger partial charge in [0.25, 0.3) is 0 Å². The van der Waals surface area contributed by atoms with E-state index in [4.69, 9.17) is 16.3 Å². The number of hydrogen-bond donors (Lipinski definition) is 2. The van der Waals surface area contributed by atoms with Crippen molar-refractivity contribution in [3.8, 4) is 5.75 Å². The summed E-state index contributed by atoms with van der Waals surface area (Å²) in [6.07, 6.45) is 3.90. The lowest BCUT2D eigenvalue weighted by atomic mass is 9.68. The Hall–Kier alpha value is -2.54. The number of aromatic nitrogens is 1. The molecule has 6 rings (SSSR count). The largest absolute Gasteiger partial charge is 0.497 e. The molecule has 1 aromatic heterocycles. The standard InChI is InChI=1S/C28H32ClN3O3/c1-35-20-8-9-21-23(14-20)30-26-24(16-33)32(15-19-4-2-3-5-22(19)29)17-28(25(21)26)10-12-31(13-11-28)27(34)18-6-7-18/h2-5,8-9,14,18,24,30,33H,6-7,10-13,15-17H2,1H3/t24-/m1/s1. The first-order valence-corrected chi connectivity index (χ1v) is 13.0. The number of halogens is 1. The van der Waals surface area contributed by atoms with Crippen LogP contribution in [0.2, 0.25) is 5.02 Å². The molecule has 3 heterocycles. The second-order valence-corrected chi connectivity index (χ2v) is 10.8. The third kappa shape index (κ3) is 3.92. The number of nitrogens with one attached hydrogen (secondary N) is 1. The maximum atomic E-state index is 12.8. The number of benzene rings is 2. The van der Waals surface area contributed by atoms with Crippen LogP contribution in [0.15, 0.2) is 42.5 Å². The highest BCUT2D eigenvalue weighted by Gasteiger charge is 2.48. The molecular weight excluding hydrogens is 462 g/mol. The molecule has 2 fully saturated rings. The third-order valence-corrected chi connectivity index (χ3v) is 8.68. The minimum absolute atomic E-state index is 0.0176. The average molecular weight is 494 g/mol. The molecule has 1 saturated carbocycles. The summed E-state index contributed by atoms with van der Waals surface area (Å²) in [6, 6.07) is 14.0. The van der Waals surface area contributed by atoms with Crippen molar-refractivity contribution in [2.24, 2.45) is 5.92 Å². The van der Waals surface area contributed by atoms with Crippen molar-refractivity contribution in [3.05, 3.63) is 64.3 Å². The smallest absolute Gasteiger partial charge is 0.225 e. The van der Waals surface area contributed by atoms with E-state index in [1.54, 1.807) is 7.11 Å². The summed E-state index contributed by atoms with van der Waals surface area (Å²) in [7, 11) is 1.68. The Kier molecular flexibility index (Phi) is 5.78. The van der Waals surface area contributed by atoms with Crippen LogP contribution in [0.5, 0.6) is 5.75 Å². The maximum Gasteiger partial charge on any atom is 0.225 e. The SMILES string of the molecule is COc1ccc2c3c([nH]c2c1)[C@@H](CO)N(Cc1ccccc1Cl)CC31CCN(C(=O)C2CC2)CC1. The van der Waals surface area contributed by atoms with Crippen LogP contribution < -0.4 is 4.74 Å². The molecule has 2 aliphatic heterocycles. The van der Waals surface area contributed by atoms with Crippen LogP contribution in [0.1, 0.15) is 48.5 Å². The van der Waals surface area contributed by atoms with Gasteiger partial charge in [-0.15, -0.1) is 0 Å². The van der Waals surface area contributed by atoms with Gasteiger partial charge in [0, 0.05) is 65.2 Å². The summed E-state index contributed by atoms with van der Waals surface area (Å²) in [5.41, 5.74) is 4.38. The molecule has 3 aromatic rings. The van der Waals surface area contributed by atoms with E-state index in [-0.39, 0.29) is 24.0 Å². The summed E-state index contributed by atoms with van der Waals surface area (Å²) in [5.74, 6) is 1.39. The number of H-pyrrole nitrogens is 1. The predicted octanol–water partition coefficient (Wildman–Crippen LogP) is 4.65. The molecule has 1 spiro atoms. The fourth-order valence-electron chi connectivity index (χ4n) is 6.28. The second kappa shape index (κ2) is 8.84. The van der Waals surface area contributed by atoms with Crippen LogP contribution in [0.4, 0.5) is 0 Å². The quantitative estimate of drug-likeness (QED) is 0.543. The second-order valence-electron chi connectivity index (χ2n) is 10.4. The maximum absolute atomic E-state index is 12.8. The molecule has 2 aromatic carbocycles. The molecule has 1 aliphatic carbocycles. The Morgan fingerprint density at radius 2 is 1.97 bits per heavy atom. The van der Waals surface area contributed by atoms with Gasteiger partial charge in [0.2, 0.25) is 5.91 Å². The van der Waals surface area contributed by atoms with Crippen molar-refractivity contribution in [1.82, 2.24) is 14.8 Å². The molecule has 0 unspecified atom stereocenters. The number of carbonyl (C=O) groups excluding carboxylic acids is 1. The molecule has 0 radical (unpaired) electrons. The zero-order chi connectivity index (χ0) is 24.2. The van der Waals surface area contributed by atoms with Crippen molar-refractivity contribution in [2.75, 3.05) is 33.4 Å². The van der Waals surface area contributed by atoms with Gasteiger partial charge < -0.3 is 19.7 Å². The highest BCUT2D eigenvalue weighted by atomic mass is 35.5. The molecule has 1 saturated heterocycles. The van der Waals surface area contributed by atoms with E-state index in [1.165, 1.54) is 10.9 Å². The fourth-order valence-corrected chi connectivity index (χ4v) is 6.47. The van der Waals surface area contributed by atoms with Crippen LogP contribution in [0, 0.1) is 5.92 Å². The lowest BCUT2D eigenvalue weighted by Gasteiger charge is -2.50. The number of piperidine rings is 1. The van der Waals surface area contributed by atoms with Gasteiger partial charge in [-0.25, -0.2) is 0 Å². The molecule has 1 atom stereocenters. The lowest BCUT2D eigenvalue weighted by molar-refractivity contribution is -0.134. The van der Waals surface area contributed by atoms with Crippen LogP contribution in [-0.2, 0) is 16.8 Å². The summed E-state index contributed by atoms with van der Waals surface area (Å²) in [4.78, 5) is 20.9. The van der Waals surface area contributed by atoms with Gasteiger partial charge in [0.05, 0.1) is 19.8 Å². The summed E-state index contributed by atoms with van der Waals surface area (Å²) >= 11 is 6.54. The number of methoxy groups -OCH3 is 1. The number of ether oxygens (including phenoxy) is 1. The molecular formula is C28H32ClN3O3. The number of nitrogens with zero attached hydrogens (tertiary/aromatic N) is 2. The molecule has 6 nitrogen and oxygen atoms in total. The lowest BCUT2D eigenvalue weighted by Crippen LogP contribution is -2.54. The van der Waals surface area contributed by atoms with Gasteiger partial charge in [-0.1, -0.05) is 29.8 Å². The van der Waals surface area contributed by atoms with Gasteiger partial charge in [-0.2, -0.15) is 0 Å². The van der Waals surface area contributed by atoms with Crippen LogP contribution in [0.25, 0.3) is 10.9 Å². The average Bonchev–Trinajstić information content (AvgIpc) is 3.65. The third-order valence-electron chi connectivity index (χ3n) is 8.31. The van der Waals surface area contributed by atoms with Gasteiger partial charge in [0.1, 0.15) is 5.75 Å². The number of likely N-dealkylation sites (tertiary alicyclic amines) is 1. The molecule has 7 heteroatoms. The molecule has 184 valence electrons. The normalized spacial score (nSPS) is 21.9. The first-order chi connectivity index (χ1) is 17.0. The zero-order valence-electron chi connectivity index (χ0n) is 20.1. The number of aromatic amines is 1. The van der Waals surface area contributed by atoms with Crippen LogP contribution in [0.3, 0.4) is 0 Å². The Bertz CT molecular complexity index is 1260. The van der Waals surface area contributed by atoms with E-state index in [9.17, 15) is 9.90 Å². The van der Waals surface area contributed by atoms with Crippen molar-refractivity contribution in [3.63, 3.8) is 0 Å². The van der Waals surface area contributed by atoms with E-state index in [1.807, 2.05) is 30.3 Å². The summed E-state index contributed by atoms with van der Waals surface area (Å²) in [5, 5.41) is 12.5. The first kappa shape index (κ1) is 22.9. The van der Waals surface area contributed by atoms with Crippen LogP contribution >= 0.6 is 11.6 Å². The van der Waals surface area contributed by atoms with E-state index < -0.39 is 0 Å². The molecule has 35 heavy (non-hydrogen) atoms. The van der Waals surface area contributed by atoms with Gasteiger partial charge in [-0.3, -0.25) is 9.69 Å². The predicted molar refractivity (Wildman–Crippen MR) is 137 cm³/mol. The zero-order valence-corrected chi connectivity index (χ0v) is 20.9. The number of rotatable bonds is 5. The Morgan fingerprint density at radius 1 is 1.20 bits per heavy atom. The number of amides is 1. The van der Waals surface area contributed by atoms with Crippen LogP contribution in [-0.4, -0.2) is 59.1 Å². The number of hydrogen-bond acceptors (Lipinski definition) is 4. The fraction of sp³-hybridized carbons (Fsp3) is 0.464. The van der Waals surface area contributed by atoms with E-state index in [0.717, 1.165) is 72.9 Å². The number of aliphatic hydroxyl groups excluding tert-OH is 1. The van der Waals surface area contributed by atoms with Gasteiger partial charge in [0.15, 0.2) is 0 Å². The Balaban J connectivity index is 1.42. The highest BCUT2D eigenvalue weighted by Crippen LogP contribution is 2.50. The topological polar surface area (TPSA) is 68.8 Å². The minimum Gasteiger partial charge on any atom is -0.497 e. The monoisotopic (exact) mass is 493 g/mol. The van der Waals surface area contributed by atoms with Gasteiger partial charge >= 0.3 is 0 Å². The Labute approximate surface area is 210 Å². The van der Waals surface area contributed by atoms with Crippen molar-refractivity contribution in [2.45, 2.75) is 43.7 Å². The molecule has 2 N–H and O–H groups in total. The van der Waals surface area contributed by atoms with Crippen molar-refractivity contribution >= 4 is 28.4 Å². The Morgan fingerprint density at radius 3 is 2.66 bits per heavy atom. The molecule has 1 amide bonds. The highest BCUT2D eigenvalue weighted by molar-refractivity contribution is 6.31. The number of fused-ring (bicyclic) bond motifs is 4. The number of carbonyl (C=O) groups is 1. The van der Waals surface area contributed by atoms with E-state index in [2.05, 4.69) is 26.9 Å². The number of aliphatic hydroxyl groups is 1. The summed E-state index contributed by atoms with van der Waals surface area (Å²) in [6.45, 7) is 3.06. The molecule has 0 bridgehead atoms. The van der Waals surface area contributed by atoms with E-state index in [0.29, 0.717) is 12.5 Å². The van der Waals surface area contributed by atoms with Gasteiger partial charge in [-0.05, 0) is 55.0 Å². The van der Waals surface area contributed by atoms with Crippen molar-refractivity contribution < 1.29 is 14.6 Å². The van der Waals surface area contributed by atoms with Crippen molar-refractivity contribution in [1.29, 1.82) is 0 Å². The van der Waals surface area contributed by atoms with E-state index >= 15 is 0 Å². The molecule has 3 aliphatic rings.